The first-order valence-corrected chi connectivity index (χ1v) is 10.3. The Morgan fingerprint density at radius 3 is 2.93 bits per heavy atom. The minimum Gasteiger partial charge on any atom is -0.331 e. The van der Waals surface area contributed by atoms with Crippen molar-refractivity contribution in [1.82, 2.24) is 19.7 Å². The minimum atomic E-state index is 0.0366. The van der Waals surface area contributed by atoms with Crippen molar-refractivity contribution in [2.75, 3.05) is 6.54 Å². The summed E-state index contributed by atoms with van der Waals surface area (Å²) in [6.45, 7) is 3.51. The van der Waals surface area contributed by atoms with Crippen LogP contribution >= 0.6 is 11.3 Å². The molecule has 0 N–H and O–H groups in total. The van der Waals surface area contributed by atoms with Crippen molar-refractivity contribution in [2.24, 2.45) is 0 Å². The fourth-order valence-corrected chi connectivity index (χ4v) is 4.88. The van der Waals surface area contributed by atoms with Gasteiger partial charge in [0.15, 0.2) is 5.65 Å². The molecule has 5 rings (SSSR count). The molecule has 1 aliphatic heterocycles. The molecule has 140 valence electrons. The van der Waals surface area contributed by atoms with Crippen molar-refractivity contribution in [3.8, 4) is 0 Å². The number of hydrogen-bond donors (Lipinski definition) is 0. The van der Waals surface area contributed by atoms with E-state index < -0.39 is 0 Å². The molecule has 6 heteroatoms. The van der Waals surface area contributed by atoms with Crippen molar-refractivity contribution < 1.29 is 4.79 Å². The lowest BCUT2D eigenvalue weighted by atomic mass is 10.0. The van der Waals surface area contributed by atoms with Gasteiger partial charge >= 0.3 is 0 Å². The average Bonchev–Trinajstić information content (AvgIpc) is 3.36. The summed E-state index contributed by atoms with van der Waals surface area (Å²) in [5.74, 6) is 0.0366. The van der Waals surface area contributed by atoms with E-state index >= 15 is 0 Å². The van der Waals surface area contributed by atoms with E-state index in [2.05, 4.69) is 40.6 Å². The highest BCUT2D eigenvalue weighted by molar-refractivity contribution is 7.10. The smallest absolute Gasteiger partial charge is 0.255 e. The first kappa shape index (κ1) is 17.1. The molecule has 0 aliphatic carbocycles. The van der Waals surface area contributed by atoms with Gasteiger partial charge in [-0.05, 0) is 42.0 Å². The second-order valence-corrected chi connectivity index (χ2v) is 8.15. The zero-order valence-corrected chi connectivity index (χ0v) is 16.4. The van der Waals surface area contributed by atoms with E-state index in [1.54, 1.807) is 23.7 Å². The molecule has 1 aromatic carbocycles. The third-order valence-electron chi connectivity index (χ3n) is 5.44. The van der Waals surface area contributed by atoms with Crippen molar-refractivity contribution in [1.29, 1.82) is 0 Å². The molecule has 1 atom stereocenters. The molecule has 4 aromatic rings. The number of fused-ring (bicyclic) bond motifs is 2. The monoisotopic (exact) mass is 388 g/mol. The Labute approximate surface area is 167 Å². The number of thiophene rings is 1. The minimum absolute atomic E-state index is 0.0366. The fourth-order valence-electron chi connectivity index (χ4n) is 3.91. The van der Waals surface area contributed by atoms with Crippen LogP contribution in [0.4, 0.5) is 0 Å². The Morgan fingerprint density at radius 2 is 2.07 bits per heavy atom. The quantitative estimate of drug-likeness (QED) is 0.526. The number of nitrogens with zero attached hydrogens (tertiary/aromatic N) is 4. The van der Waals surface area contributed by atoms with E-state index in [1.807, 2.05) is 33.8 Å². The molecule has 1 amide bonds. The second-order valence-electron chi connectivity index (χ2n) is 7.15. The lowest BCUT2D eigenvalue weighted by molar-refractivity contribution is 0.0679. The third-order valence-corrected chi connectivity index (χ3v) is 6.43. The molecule has 0 radical (unpaired) electrons. The van der Waals surface area contributed by atoms with Crippen LogP contribution in [0.1, 0.15) is 39.3 Å². The topological polar surface area (TPSA) is 51.0 Å². The van der Waals surface area contributed by atoms with E-state index in [4.69, 9.17) is 0 Å². The van der Waals surface area contributed by atoms with E-state index in [0.29, 0.717) is 12.1 Å². The van der Waals surface area contributed by atoms with Crippen LogP contribution in [0, 0.1) is 0 Å². The maximum Gasteiger partial charge on any atom is 0.255 e. The highest BCUT2D eigenvalue weighted by Crippen LogP contribution is 2.33. The van der Waals surface area contributed by atoms with Crippen LogP contribution in [0.15, 0.2) is 60.2 Å². The molecule has 0 spiro atoms. The average molecular weight is 388 g/mol. The van der Waals surface area contributed by atoms with Gasteiger partial charge in [0.1, 0.15) is 0 Å². The van der Waals surface area contributed by atoms with Crippen LogP contribution in [0.5, 0.6) is 0 Å². The highest BCUT2D eigenvalue weighted by Gasteiger charge is 2.29. The Morgan fingerprint density at radius 1 is 1.21 bits per heavy atom. The summed E-state index contributed by atoms with van der Waals surface area (Å²) in [5.41, 5.74) is 3.86. The summed E-state index contributed by atoms with van der Waals surface area (Å²) in [5, 5.41) is 7.48. The van der Waals surface area contributed by atoms with Crippen molar-refractivity contribution >= 4 is 28.3 Å². The summed E-state index contributed by atoms with van der Waals surface area (Å²) < 4.78 is 1.88. The number of hydrogen-bond acceptors (Lipinski definition) is 4. The normalized spacial score (nSPS) is 16.3. The van der Waals surface area contributed by atoms with Crippen LogP contribution in [0.2, 0.25) is 0 Å². The van der Waals surface area contributed by atoms with E-state index in [-0.39, 0.29) is 11.9 Å². The molecule has 0 bridgehead atoms. The van der Waals surface area contributed by atoms with Gasteiger partial charge in [-0.3, -0.25) is 4.79 Å². The van der Waals surface area contributed by atoms with Gasteiger partial charge in [-0.25, -0.2) is 9.67 Å². The Kier molecular flexibility index (Phi) is 4.20. The molecule has 0 saturated heterocycles. The first-order valence-electron chi connectivity index (χ1n) is 9.43. The van der Waals surface area contributed by atoms with Crippen LogP contribution in [0.25, 0.3) is 11.0 Å². The van der Waals surface area contributed by atoms with E-state index in [0.717, 1.165) is 24.0 Å². The molecule has 4 heterocycles. The molecular weight excluding hydrogens is 368 g/mol. The molecule has 3 aromatic heterocycles. The SMILES string of the molecule is C[C@H]1c2ccsc2CCN1C(=O)c1cnc2c(cnn2Cc2ccccc2)c1. The zero-order chi connectivity index (χ0) is 19.1. The van der Waals surface area contributed by atoms with Crippen molar-refractivity contribution in [3.63, 3.8) is 0 Å². The van der Waals surface area contributed by atoms with E-state index in [1.165, 1.54) is 16.0 Å². The number of aromatic nitrogens is 3. The van der Waals surface area contributed by atoms with Gasteiger partial charge in [0.2, 0.25) is 0 Å². The summed E-state index contributed by atoms with van der Waals surface area (Å²) >= 11 is 1.78. The lowest BCUT2D eigenvalue weighted by Gasteiger charge is -2.33. The Bertz CT molecular complexity index is 1150. The van der Waals surface area contributed by atoms with Gasteiger partial charge in [-0.1, -0.05) is 30.3 Å². The number of benzene rings is 1. The van der Waals surface area contributed by atoms with Crippen molar-refractivity contribution in [2.45, 2.75) is 25.9 Å². The predicted molar refractivity (Wildman–Crippen MR) is 111 cm³/mol. The lowest BCUT2D eigenvalue weighted by Crippen LogP contribution is -2.38. The van der Waals surface area contributed by atoms with Crippen LogP contribution in [0.3, 0.4) is 0 Å². The summed E-state index contributed by atoms with van der Waals surface area (Å²) in [6.07, 6.45) is 4.40. The van der Waals surface area contributed by atoms with Gasteiger partial charge in [0, 0.05) is 23.0 Å². The molecule has 28 heavy (non-hydrogen) atoms. The van der Waals surface area contributed by atoms with Gasteiger partial charge in [-0.15, -0.1) is 11.3 Å². The summed E-state index contributed by atoms with van der Waals surface area (Å²) in [7, 11) is 0. The van der Waals surface area contributed by atoms with Gasteiger partial charge < -0.3 is 4.90 Å². The Hall–Kier alpha value is -2.99. The Balaban J connectivity index is 1.42. The van der Waals surface area contributed by atoms with Crippen molar-refractivity contribution in [3.05, 3.63) is 81.8 Å². The highest BCUT2D eigenvalue weighted by atomic mass is 32.1. The molecule has 5 nitrogen and oxygen atoms in total. The van der Waals surface area contributed by atoms with Crippen LogP contribution in [-0.2, 0) is 13.0 Å². The first-order chi connectivity index (χ1) is 13.7. The molecule has 0 unspecified atom stereocenters. The standard InChI is InChI=1S/C22H20N4OS/c1-15-19-8-10-28-20(19)7-9-25(15)22(27)18-11-17-13-24-26(21(17)23-12-18)14-16-5-3-2-4-6-16/h2-6,8,10-13,15H,7,9,14H2,1H3/t15-/m0/s1. The molecule has 0 fully saturated rings. The van der Waals surface area contributed by atoms with Gasteiger partial charge in [-0.2, -0.15) is 5.10 Å². The predicted octanol–water partition coefficient (Wildman–Crippen LogP) is 4.30. The number of carbonyl (C=O) groups is 1. The molecular formula is C22H20N4OS. The number of rotatable bonds is 3. The summed E-state index contributed by atoms with van der Waals surface area (Å²) in [4.78, 5) is 21.1. The van der Waals surface area contributed by atoms with E-state index in [9.17, 15) is 4.79 Å². The van der Waals surface area contributed by atoms with Gasteiger partial charge in [0.25, 0.3) is 5.91 Å². The fraction of sp³-hybridized carbons (Fsp3) is 0.227. The number of amides is 1. The molecule has 1 aliphatic rings. The van der Waals surface area contributed by atoms with Crippen LogP contribution in [-0.4, -0.2) is 32.1 Å². The maximum absolute atomic E-state index is 13.1. The second kappa shape index (κ2) is 6.87. The summed E-state index contributed by atoms with van der Waals surface area (Å²) in [6, 6.07) is 14.3. The zero-order valence-electron chi connectivity index (χ0n) is 15.6. The van der Waals surface area contributed by atoms with Gasteiger partial charge in [0.05, 0.1) is 24.3 Å². The maximum atomic E-state index is 13.1. The van der Waals surface area contributed by atoms with Crippen LogP contribution < -0.4 is 0 Å². The number of carbonyl (C=O) groups excluding carboxylic acids is 1. The third kappa shape index (κ3) is 2.90. The number of pyridine rings is 1. The molecule has 0 saturated carbocycles. The largest absolute Gasteiger partial charge is 0.331 e.